The Morgan fingerprint density at radius 1 is 1.06 bits per heavy atom. The lowest BCUT2D eigenvalue weighted by atomic mass is 10.1. The van der Waals surface area contributed by atoms with Crippen LogP contribution in [0.15, 0.2) is 12.1 Å². The fraction of sp³-hybridized carbons (Fsp3) is 0.571. The molecule has 1 aromatic rings. The molecule has 2 N–H and O–H groups in total. The van der Waals surface area contributed by atoms with Crippen molar-refractivity contribution in [3.63, 3.8) is 0 Å². The Hall–Kier alpha value is -1.22. The van der Waals surface area contributed by atoms with E-state index < -0.39 is 0 Å². The zero-order valence-corrected chi connectivity index (χ0v) is 11.4. The number of rotatable bonds is 7. The highest BCUT2D eigenvalue weighted by Gasteiger charge is 2.03. The predicted octanol–water partition coefficient (Wildman–Crippen LogP) is 2.72. The first-order valence-corrected chi connectivity index (χ1v) is 6.22. The molecule has 3 nitrogen and oxygen atoms in total. The Morgan fingerprint density at radius 3 is 2.41 bits per heavy atom. The van der Waals surface area contributed by atoms with Crippen LogP contribution in [0.25, 0.3) is 0 Å². The van der Waals surface area contributed by atoms with Crippen LogP contribution in [0.5, 0.6) is 5.75 Å². The molecule has 0 heterocycles. The van der Waals surface area contributed by atoms with Gasteiger partial charge in [0.1, 0.15) is 5.75 Å². The number of unbranched alkanes of at least 4 members (excludes halogenated alkanes) is 1. The van der Waals surface area contributed by atoms with E-state index in [1.807, 2.05) is 7.05 Å². The first-order chi connectivity index (χ1) is 8.19. The van der Waals surface area contributed by atoms with E-state index in [2.05, 4.69) is 36.6 Å². The molecular weight excluding hydrogens is 212 g/mol. The lowest BCUT2D eigenvalue weighted by molar-refractivity contribution is 0.411. The molecule has 0 fully saturated rings. The van der Waals surface area contributed by atoms with Gasteiger partial charge in [-0.1, -0.05) is 0 Å². The van der Waals surface area contributed by atoms with Crippen LogP contribution in [0, 0.1) is 13.8 Å². The first-order valence-electron chi connectivity index (χ1n) is 6.22. The number of aryl methyl sites for hydroxylation is 2. The van der Waals surface area contributed by atoms with Crippen LogP contribution >= 0.6 is 0 Å². The normalized spacial score (nSPS) is 10.4. The summed E-state index contributed by atoms with van der Waals surface area (Å²) in [5.41, 5.74) is 3.63. The van der Waals surface area contributed by atoms with Crippen molar-refractivity contribution in [2.45, 2.75) is 26.7 Å². The van der Waals surface area contributed by atoms with Gasteiger partial charge in [-0.25, -0.2) is 0 Å². The van der Waals surface area contributed by atoms with E-state index in [-0.39, 0.29) is 0 Å². The van der Waals surface area contributed by atoms with Gasteiger partial charge < -0.3 is 15.4 Å². The number of anilines is 1. The molecule has 96 valence electrons. The maximum absolute atomic E-state index is 5.30. The lowest BCUT2D eigenvalue weighted by Crippen LogP contribution is -2.10. The number of nitrogens with one attached hydrogen (secondary N) is 2. The Bertz CT molecular complexity index is 350. The second kappa shape index (κ2) is 7.17. The highest BCUT2D eigenvalue weighted by molar-refractivity contribution is 5.56. The number of hydrogen-bond donors (Lipinski definition) is 2. The summed E-state index contributed by atoms with van der Waals surface area (Å²) in [6.45, 7) is 6.29. The maximum atomic E-state index is 5.30. The molecule has 0 atom stereocenters. The molecule has 3 heteroatoms. The van der Waals surface area contributed by atoms with E-state index in [9.17, 15) is 0 Å². The minimum Gasteiger partial charge on any atom is -0.496 e. The van der Waals surface area contributed by atoms with E-state index >= 15 is 0 Å². The topological polar surface area (TPSA) is 33.3 Å². The Morgan fingerprint density at radius 2 is 1.76 bits per heavy atom. The molecule has 0 aliphatic heterocycles. The Kier molecular flexibility index (Phi) is 5.84. The SMILES string of the molecule is CNCCCCNc1cc(C)c(OC)cc1C. The fourth-order valence-electron chi connectivity index (χ4n) is 1.85. The molecule has 17 heavy (non-hydrogen) atoms. The van der Waals surface area contributed by atoms with Crippen molar-refractivity contribution in [2.24, 2.45) is 0 Å². The van der Waals surface area contributed by atoms with Gasteiger partial charge in [0, 0.05) is 12.2 Å². The third-order valence-electron chi connectivity index (χ3n) is 2.91. The van der Waals surface area contributed by atoms with Gasteiger partial charge in [-0.3, -0.25) is 0 Å². The molecule has 1 rings (SSSR count). The second-order valence-corrected chi connectivity index (χ2v) is 4.37. The molecule has 0 bridgehead atoms. The summed E-state index contributed by atoms with van der Waals surface area (Å²) >= 11 is 0. The molecule has 0 saturated heterocycles. The molecular formula is C14H24N2O. The zero-order chi connectivity index (χ0) is 12.7. The van der Waals surface area contributed by atoms with E-state index in [1.165, 1.54) is 29.7 Å². The summed E-state index contributed by atoms with van der Waals surface area (Å²) in [6, 6.07) is 4.25. The molecule has 0 aliphatic carbocycles. The van der Waals surface area contributed by atoms with Gasteiger partial charge in [0.2, 0.25) is 0 Å². The third-order valence-corrected chi connectivity index (χ3v) is 2.91. The van der Waals surface area contributed by atoms with Crippen molar-refractivity contribution in [1.29, 1.82) is 0 Å². The summed E-state index contributed by atoms with van der Waals surface area (Å²) in [5, 5.41) is 6.64. The van der Waals surface area contributed by atoms with E-state index in [0.29, 0.717) is 0 Å². The van der Waals surface area contributed by atoms with Gasteiger partial charge in [0.05, 0.1) is 7.11 Å². The standard InChI is InChI=1S/C14H24N2O/c1-11-10-14(17-4)12(2)9-13(11)16-8-6-5-7-15-3/h9-10,15-16H,5-8H2,1-4H3. The molecule has 0 radical (unpaired) electrons. The Labute approximate surface area is 105 Å². The highest BCUT2D eigenvalue weighted by Crippen LogP contribution is 2.25. The molecule has 0 spiro atoms. The zero-order valence-electron chi connectivity index (χ0n) is 11.4. The van der Waals surface area contributed by atoms with E-state index in [0.717, 1.165) is 18.8 Å². The number of benzene rings is 1. The summed E-state index contributed by atoms with van der Waals surface area (Å²) in [7, 11) is 3.71. The van der Waals surface area contributed by atoms with Crippen molar-refractivity contribution < 1.29 is 4.74 Å². The fourth-order valence-corrected chi connectivity index (χ4v) is 1.85. The summed E-state index contributed by atoms with van der Waals surface area (Å²) in [4.78, 5) is 0. The largest absolute Gasteiger partial charge is 0.496 e. The van der Waals surface area contributed by atoms with Gasteiger partial charge >= 0.3 is 0 Å². The Balaban J connectivity index is 2.51. The van der Waals surface area contributed by atoms with Crippen LogP contribution in [0.2, 0.25) is 0 Å². The number of methoxy groups -OCH3 is 1. The van der Waals surface area contributed by atoms with Crippen LogP contribution in [0.3, 0.4) is 0 Å². The van der Waals surface area contributed by atoms with E-state index in [1.54, 1.807) is 7.11 Å². The number of ether oxygens (including phenoxy) is 1. The average molecular weight is 236 g/mol. The van der Waals surface area contributed by atoms with Crippen LogP contribution in [0.4, 0.5) is 5.69 Å². The van der Waals surface area contributed by atoms with Gasteiger partial charge in [0.25, 0.3) is 0 Å². The molecule has 0 unspecified atom stereocenters. The van der Waals surface area contributed by atoms with Gasteiger partial charge in [-0.05, 0) is 63.5 Å². The molecule has 0 amide bonds. The monoisotopic (exact) mass is 236 g/mol. The van der Waals surface area contributed by atoms with Gasteiger partial charge in [-0.2, -0.15) is 0 Å². The van der Waals surface area contributed by atoms with Crippen molar-refractivity contribution >= 4 is 5.69 Å². The van der Waals surface area contributed by atoms with Crippen molar-refractivity contribution in [2.75, 3.05) is 32.6 Å². The van der Waals surface area contributed by atoms with Gasteiger partial charge in [0.15, 0.2) is 0 Å². The van der Waals surface area contributed by atoms with Crippen molar-refractivity contribution in [3.8, 4) is 5.75 Å². The molecule has 0 aromatic heterocycles. The minimum absolute atomic E-state index is 0.961. The smallest absolute Gasteiger partial charge is 0.122 e. The average Bonchev–Trinajstić information content (AvgIpc) is 2.32. The highest BCUT2D eigenvalue weighted by atomic mass is 16.5. The van der Waals surface area contributed by atoms with Gasteiger partial charge in [-0.15, -0.1) is 0 Å². The minimum atomic E-state index is 0.961. The third kappa shape index (κ3) is 4.27. The molecule has 0 saturated carbocycles. The van der Waals surface area contributed by atoms with Crippen LogP contribution in [0.1, 0.15) is 24.0 Å². The first kappa shape index (κ1) is 13.8. The summed E-state index contributed by atoms with van der Waals surface area (Å²) in [6.07, 6.45) is 2.39. The molecule has 1 aromatic carbocycles. The second-order valence-electron chi connectivity index (χ2n) is 4.37. The number of hydrogen-bond acceptors (Lipinski definition) is 3. The maximum Gasteiger partial charge on any atom is 0.122 e. The summed E-state index contributed by atoms with van der Waals surface area (Å²) in [5.74, 6) is 0.961. The lowest BCUT2D eigenvalue weighted by Gasteiger charge is -2.13. The van der Waals surface area contributed by atoms with E-state index in [4.69, 9.17) is 4.74 Å². The predicted molar refractivity (Wildman–Crippen MR) is 74.1 cm³/mol. The van der Waals surface area contributed by atoms with Crippen LogP contribution in [-0.2, 0) is 0 Å². The van der Waals surface area contributed by atoms with Crippen molar-refractivity contribution in [1.82, 2.24) is 5.32 Å². The van der Waals surface area contributed by atoms with Crippen molar-refractivity contribution in [3.05, 3.63) is 23.3 Å². The van der Waals surface area contributed by atoms with Crippen LogP contribution in [-0.4, -0.2) is 27.2 Å². The quantitative estimate of drug-likeness (QED) is 0.714. The summed E-state index contributed by atoms with van der Waals surface area (Å²) < 4.78 is 5.30. The molecule has 0 aliphatic rings. The van der Waals surface area contributed by atoms with Crippen LogP contribution < -0.4 is 15.4 Å².